The van der Waals surface area contributed by atoms with Crippen LogP contribution >= 0.6 is 0 Å². The molecule has 0 aliphatic heterocycles. The fourth-order valence-electron chi connectivity index (χ4n) is 4.02. The lowest BCUT2D eigenvalue weighted by atomic mass is 10.1. The van der Waals surface area contributed by atoms with E-state index >= 15 is 0 Å². The number of nitrogens with one attached hydrogen (secondary N) is 2. The molecule has 0 atom stereocenters. The average Bonchev–Trinajstić information content (AvgIpc) is 2.97. The van der Waals surface area contributed by atoms with E-state index in [-0.39, 0.29) is 10.8 Å². The topological polar surface area (TPSA) is 108 Å². The van der Waals surface area contributed by atoms with Crippen LogP contribution in [0.15, 0.2) is 113 Å². The van der Waals surface area contributed by atoms with Crippen LogP contribution in [0, 0.1) is 13.8 Å². The average molecular weight is 555 g/mol. The molecule has 4 aromatic carbocycles. The molecule has 0 saturated carbocycles. The Balaban J connectivity index is 1.53. The Hall–Kier alpha value is -4.76. The minimum Gasteiger partial charge on any atom is -0.322 e. The first-order valence-electron chi connectivity index (χ1n) is 12.6. The number of rotatable bonds is 9. The van der Waals surface area contributed by atoms with Gasteiger partial charge in [0.25, 0.3) is 21.8 Å². The van der Waals surface area contributed by atoms with Gasteiger partial charge in [0, 0.05) is 11.3 Å². The highest BCUT2D eigenvalue weighted by Crippen LogP contribution is 2.28. The maximum Gasteiger partial charge on any atom is 0.264 e. The van der Waals surface area contributed by atoms with Crippen LogP contribution < -0.4 is 15.0 Å². The Morgan fingerprint density at radius 2 is 1.43 bits per heavy atom. The quantitative estimate of drug-likeness (QED) is 0.216. The lowest BCUT2D eigenvalue weighted by Gasteiger charge is -2.26. The molecular weight excluding hydrogens is 524 g/mol. The number of carbonyl (C=O) groups is 2. The van der Waals surface area contributed by atoms with Gasteiger partial charge in [0.2, 0.25) is 0 Å². The molecule has 8 nitrogen and oxygen atoms in total. The Labute approximate surface area is 234 Å². The summed E-state index contributed by atoms with van der Waals surface area (Å²) in [6, 6.07) is 29.3. The predicted octanol–water partition coefficient (Wildman–Crippen LogP) is 5.29. The molecule has 0 aliphatic rings. The van der Waals surface area contributed by atoms with Crippen LogP contribution in [0.1, 0.15) is 34.0 Å². The third-order valence-corrected chi connectivity index (χ3v) is 8.16. The van der Waals surface area contributed by atoms with Crippen LogP contribution in [0.4, 0.5) is 11.4 Å². The van der Waals surface area contributed by atoms with Crippen LogP contribution in [-0.4, -0.2) is 32.5 Å². The SMILES string of the molecule is C/C(=N\NC(=O)CN(c1cccc(C)c1C)S(=O)(=O)c1ccccc1)c1cccc(NC(=O)c2ccccc2)c1. The largest absolute Gasteiger partial charge is 0.322 e. The summed E-state index contributed by atoms with van der Waals surface area (Å²) in [5.74, 6) is -0.847. The third-order valence-electron chi connectivity index (χ3n) is 6.39. The van der Waals surface area contributed by atoms with E-state index in [1.807, 2.05) is 26.0 Å². The molecule has 0 unspecified atom stereocenters. The third kappa shape index (κ3) is 6.62. The smallest absolute Gasteiger partial charge is 0.264 e. The van der Waals surface area contributed by atoms with Crippen molar-refractivity contribution in [2.75, 3.05) is 16.2 Å². The number of carbonyl (C=O) groups excluding carboxylic acids is 2. The molecule has 204 valence electrons. The van der Waals surface area contributed by atoms with Crippen molar-refractivity contribution in [3.63, 3.8) is 0 Å². The number of hydrazone groups is 1. The molecule has 0 fully saturated rings. The number of aryl methyl sites for hydroxylation is 1. The molecule has 0 aromatic heterocycles. The molecule has 2 amide bonds. The van der Waals surface area contributed by atoms with Crippen molar-refractivity contribution >= 4 is 38.9 Å². The fraction of sp³-hybridized carbons (Fsp3) is 0.129. The molecule has 0 aliphatic carbocycles. The second-order valence-electron chi connectivity index (χ2n) is 9.18. The van der Waals surface area contributed by atoms with Gasteiger partial charge in [0.05, 0.1) is 16.3 Å². The summed E-state index contributed by atoms with van der Waals surface area (Å²) >= 11 is 0. The van der Waals surface area contributed by atoms with E-state index in [0.717, 1.165) is 15.4 Å². The van der Waals surface area contributed by atoms with Gasteiger partial charge in [-0.3, -0.25) is 13.9 Å². The Kier molecular flexibility index (Phi) is 8.76. The molecule has 2 N–H and O–H groups in total. The van der Waals surface area contributed by atoms with E-state index in [4.69, 9.17) is 0 Å². The normalized spacial score (nSPS) is 11.5. The Bertz CT molecular complexity index is 1650. The maximum absolute atomic E-state index is 13.6. The van der Waals surface area contributed by atoms with E-state index in [9.17, 15) is 18.0 Å². The van der Waals surface area contributed by atoms with Gasteiger partial charge in [-0.2, -0.15) is 5.10 Å². The number of sulfonamides is 1. The molecule has 4 aromatic rings. The molecule has 0 saturated heterocycles. The van der Waals surface area contributed by atoms with Crippen molar-refractivity contribution in [3.8, 4) is 0 Å². The van der Waals surface area contributed by atoms with Crippen molar-refractivity contribution in [1.82, 2.24) is 5.43 Å². The molecule has 0 heterocycles. The lowest BCUT2D eigenvalue weighted by molar-refractivity contribution is -0.119. The Morgan fingerprint density at radius 3 is 2.12 bits per heavy atom. The first-order chi connectivity index (χ1) is 19.2. The first-order valence-corrected chi connectivity index (χ1v) is 14.0. The van der Waals surface area contributed by atoms with Gasteiger partial charge in [-0.25, -0.2) is 13.8 Å². The van der Waals surface area contributed by atoms with E-state index in [2.05, 4.69) is 15.8 Å². The zero-order chi connectivity index (χ0) is 28.7. The summed E-state index contributed by atoms with van der Waals surface area (Å²) in [4.78, 5) is 25.6. The minimum atomic E-state index is -4.04. The number of amides is 2. The summed E-state index contributed by atoms with van der Waals surface area (Å²) in [6.45, 7) is 4.95. The van der Waals surface area contributed by atoms with Gasteiger partial charge in [-0.15, -0.1) is 0 Å². The van der Waals surface area contributed by atoms with Gasteiger partial charge in [-0.05, 0) is 79.9 Å². The van der Waals surface area contributed by atoms with Gasteiger partial charge in [0.1, 0.15) is 6.54 Å². The summed E-state index contributed by atoms with van der Waals surface area (Å²) < 4.78 is 28.3. The summed E-state index contributed by atoms with van der Waals surface area (Å²) in [6.07, 6.45) is 0. The number of anilines is 2. The molecular formula is C31H30N4O4S. The predicted molar refractivity (Wildman–Crippen MR) is 158 cm³/mol. The van der Waals surface area contributed by atoms with Crippen LogP contribution in [0.25, 0.3) is 0 Å². The summed E-state index contributed by atoms with van der Waals surface area (Å²) in [5.41, 5.74) is 6.81. The first kappa shape index (κ1) is 28.3. The van der Waals surface area contributed by atoms with E-state index in [0.29, 0.717) is 28.2 Å². The van der Waals surface area contributed by atoms with Gasteiger partial charge < -0.3 is 5.32 Å². The molecule has 40 heavy (non-hydrogen) atoms. The van der Waals surface area contributed by atoms with Gasteiger partial charge in [0.15, 0.2) is 0 Å². The van der Waals surface area contributed by atoms with Gasteiger partial charge >= 0.3 is 0 Å². The Morgan fingerprint density at radius 1 is 0.800 bits per heavy atom. The second kappa shape index (κ2) is 12.4. The van der Waals surface area contributed by atoms with Crippen LogP contribution in [0.2, 0.25) is 0 Å². The molecule has 4 rings (SSSR count). The molecule has 9 heteroatoms. The highest BCUT2D eigenvalue weighted by atomic mass is 32.2. The van der Waals surface area contributed by atoms with Crippen molar-refractivity contribution in [1.29, 1.82) is 0 Å². The minimum absolute atomic E-state index is 0.0813. The summed E-state index contributed by atoms with van der Waals surface area (Å²) in [5, 5.41) is 7.05. The van der Waals surface area contributed by atoms with Crippen LogP contribution in [0.5, 0.6) is 0 Å². The fourth-order valence-corrected chi connectivity index (χ4v) is 5.52. The zero-order valence-electron chi connectivity index (χ0n) is 22.5. The summed E-state index contributed by atoms with van der Waals surface area (Å²) in [7, 11) is -4.04. The van der Waals surface area contributed by atoms with Crippen LogP contribution in [0.3, 0.4) is 0 Å². The molecule has 0 bridgehead atoms. The van der Waals surface area contributed by atoms with Crippen molar-refractivity contribution < 1.29 is 18.0 Å². The zero-order valence-corrected chi connectivity index (χ0v) is 23.3. The van der Waals surface area contributed by atoms with E-state index < -0.39 is 22.5 Å². The molecule has 0 spiro atoms. The number of hydrogen-bond donors (Lipinski definition) is 2. The highest BCUT2D eigenvalue weighted by molar-refractivity contribution is 7.92. The van der Waals surface area contributed by atoms with E-state index in [1.54, 1.807) is 85.8 Å². The number of hydrogen-bond acceptors (Lipinski definition) is 5. The van der Waals surface area contributed by atoms with Crippen LogP contribution in [-0.2, 0) is 14.8 Å². The second-order valence-corrected chi connectivity index (χ2v) is 11.0. The van der Waals surface area contributed by atoms with Crippen molar-refractivity contribution in [2.24, 2.45) is 5.10 Å². The number of nitrogens with zero attached hydrogens (tertiary/aromatic N) is 2. The monoisotopic (exact) mass is 554 g/mol. The van der Waals surface area contributed by atoms with Crippen molar-refractivity contribution in [3.05, 3.63) is 125 Å². The standard InChI is InChI=1S/C31H30N4O4S/c1-22-12-10-19-29(23(22)2)35(40(38,39)28-17-8-5-9-18-28)21-30(36)34-33-24(3)26-15-11-16-27(20-26)32-31(37)25-13-6-4-7-14-25/h4-20H,21H2,1-3H3,(H,32,37)(H,34,36)/b33-24+. The number of benzene rings is 4. The maximum atomic E-state index is 13.6. The van der Waals surface area contributed by atoms with Gasteiger partial charge in [-0.1, -0.05) is 60.7 Å². The molecule has 0 radical (unpaired) electrons. The lowest BCUT2D eigenvalue weighted by Crippen LogP contribution is -2.40. The van der Waals surface area contributed by atoms with E-state index in [1.165, 1.54) is 12.1 Å². The highest BCUT2D eigenvalue weighted by Gasteiger charge is 2.28. The van der Waals surface area contributed by atoms with Crippen molar-refractivity contribution in [2.45, 2.75) is 25.7 Å².